The topological polar surface area (TPSA) is 15.3 Å². The molecule has 2 rings (SSSR count). The van der Waals surface area contributed by atoms with E-state index in [9.17, 15) is 0 Å². The second-order valence-corrected chi connectivity index (χ2v) is 7.28. The van der Waals surface area contributed by atoms with E-state index in [0.29, 0.717) is 6.04 Å². The molecular formula is C17H28N2S. The van der Waals surface area contributed by atoms with Gasteiger partial charge in [0.2, 0.25) is 0 Å². The van der Waals surface area contributed by atoms with Crippen molar-refractivity contribution in [3.63, 3.8) is 0 Å². The van der Waals surface area contributed by atoms with Crippen molar-refractivity contribution in [2.75, 3.05) is 25.4 Å². The van der Waals surface area contributed by atoms with Gasteiger partial charge in [-0.1, -0.05) is 30.3 Å². The van der Waals surface area contributed by atoms with Crippen LogP contribution >= 0.6 is 11.8 Å². The standard InChI is InChI=1S/C17H28N2S/c1-15(2)19(14-16-6-4-3-5-7-16)12-13-20-17-8-10-18-11-9-17/h3-7,15,17-18H,8-14H2,1-2H3. The number of thioether (sulfide) groups is 1. The van der Waals surface area contributed by atoms with E-state index in [1.807, 2.05) is 0 Å². The first-order valence-electron chi connectivity index (χ1n) is 7.86. The highest BCUT2D eigenvalue weighted by molar-refractivity contribution is 7.99. The second kappa shape index (κ2) is 8.71. The van der Waals surface area contributed by atoms with Crippen molar-refractivity contribution in [1.29, 1.82) is 0 Å². The Hall–Kier alpha value is -0.510. The van der Waals surface area contributed by atoms with Crippen LogP contribution in [0.4, 0.5) is 0 Å². The lowest BCUT2D eigenvalue weighted by atomic mass is 10.2. The van der Waals surface area contributed by atoms with Crippen molar-refractivity contribution >= 4 is 11.8 Å². The normalized spacial score (nSPS) is 17.0. The van der Waals surface area contributed by atoms with Crippen LogP contribution in [0.2, 0.25) is 0 Å². The van der Waals surface area contributed by atoms with Crippen LogP contribution < -0.4 is 5.32 Å². The predicted molar refractivity (Wildman–Crippen MR) is 90.3 cm³/mol. The highest BCUT2D eigenvalue weighted by Gasteiger charge is 2.15. The van der Waals surface area contributed by atoms with Gasteiger partial charge in [-0.2, -0.15) is 11.8 Å². The van der Waals surface area contributed by atoms with Gasteiger partial charge in [0.1, 0.15) is 0 Å². The molecule has 1 saturated heterocycles. The molecule has 1 aromatic carbocycles. The van der Waals surface area contributed by atoms with Crippen LogP contribution in [0.1, 0.15) is 32.3 Å². The van der Waals surface area contributed by atoms with E-state index in [-0.39, 0.29) is 0 Å². The molecule has 2 nitrogen and oxygen atoms in total. The summed E-state index contributed by atoms with van der Waals surface area (Å²) in [4.78, 5) is 2.59. The lowest BCUT2D eigenvalue weighted by Crippen LogP contribution is -2.33. The van der Waals surface area contributed by atoms with Gasteiger partial charge >= 0.3 is 0 Å². The highest BCUT2D eigenvalue weighted by Crippen LogP contribution is 2.20. The van der Waals surface area contributed by atoms with Crippen molar-refractivity contribution in [3.8, 4) is 0 Å². The molecule has 0 bridgehead atoms. The quantitative estimate of drug-likeness (QED) is 0.829. The summed E-state index contributed by atoms with van der Waals surface area (Å²) in [6.07, 6.45) is 2.68. The Kier molecular flexibility index (Phi) is 6.91. The number of rotatable bonds is 7. The Labute approximate surface area is 128 Å². The summed E-state index contributed by atoms with van der Waals surface area (Å²) >= 11 is 2.17. The van der Waals surface area contributed by atoms with Crippen molar-refractivity contribution < 1.29 is 0 Å². The van der Waals surface area contributed by atoms with E-state index in [4.69, 9.17) is 0 Å². The van der Waals surface area contributed by atoms with Crippen molar-refractivity contribution in [2.45, 2.75) is 44.5 Å². The zero-order valence-corrected chi connectivity index (χ0v) is 13.7. The number of piperidine rings is 1. The van der Waals surface area contributed by atoms with E-state index < -0.39 is 0 Å². The third kappa shape index (κ3) is 5.47. The molecule has 1 heterocycles. The molecule has 0 unspecified atom stereocenters. The summed E-state index contributed by atoms with van der Waals surface area (Å²) < 4.78 is 0. The summed E-state index contributed by atoms with van der Waals surface area (Å²) in [5.41, 5.74) is 1.42. The van der Waals surface area contributed by atoms with E-state index in [0.717, 1.165) is 11.8 Å². The van der Waals surface area contributed by atoms with Crippen LogP contribution in [0.15, 0.2) is 30.3 Å². The molecule has 1 fully saturated rings. The monoisotopic (exact) mass is 292 g/mol. The molecule has 3 heteroatoms. The van der Waals surface area contributed by atoms with E-state index >= 15 is 0 Å². The zero-order chi connectivity index (χ0) is 14.2. The van der Waals surface area contributed by atoms with Crippen LogP contribution in [0.3, 0.4) is 0 Å². The highest BCUT2D eigenvalue weighted by atomic mass is 32.2. The smallest absolute Gasteiger partial charge is 0.0236 e. The largest absolute Gasteiger partial charge is 0.317 e. The third-order valence-electron chi connectivity index (χ3n) is 3.98. The molecule has 1 aliphatic rings. The van der Waals surface area contributed by atoms with Crippen molar-refractivity contribution in [3.05, 3.63) is 35.9 Å². The number of nitrogens with zero attached hydrogens (tertiary/aromatic N) is 1. The van der Waals surface area contributed by atoms with Crippen molar-refractivity contribution in [2.24, 2.45) is 0 Å². The molecule has 0 atom stereocenters. The molecule has 1 aromatic rings. The van der Waals surface area contributed by atoms with Gasteiger partial charge in [0, 0.05) is 30.1 Å². The summed E-state index contributed by atoms with van der Waals surface area (Å²) in [5.74, 6) is 1.26. The summed E-state index contributed by atoms with van der Waals surface area (Å²) in [5, 5.41) is 4.32. The molecule has 0 aliphatic carbocycles. The molecule has 0 radical (unpaired) electrons. The fourth-order valence-corrected chi connectivity index (χ4v) is 3.88. The van der Waals surface area contributed by atoms with Gasteiger partial charge in [0.15, 0.2) is 0 Å². The van der Waals surface area contributed by atoms with Crippen LogP contribution in [-0.4, -0.2) is 41.6 Å². The first-order valence-corrected chi connectivity index (χ1v) is 8.91. The fraction of sp³-hybridized carbons (Fsp3) is 0.647. The Bertz CT molecular complexity index is 361. The van der Waals surface area contributed by atoms with Gasteiger partial charge in [0.25, 0.3) is 0 Å². The van der Waals surface area contributed by atoms with E-state index in [1.54, 1.807) is 0 Å². The maximum atomic E-state index is 3.44. The first-order chi connectivity index (χ1) is 9.75. The predicted octanol–water partition coefficient (Wildman–Crippen LogP) is 3.38. The number of nitrogens with one attached hydrogen (secondary N) is 1. The molecule has 112 valence electrons. The van der Waals surface area contributed by atoms with Crippen LogP contribution in [-0.2, 0) is 6.54 Å². The summed E-state index contributed by atoms with van der Waals surface area (Å²) in [7, 11) is 0. The number of hydrogen-bond donors (Lipinski definition) is 1. The lowest BCUT2D eigenvalue weighted by Gasteiger charge is -2.28. The molecule has 0 amide bonds. The van der Waals surface area contributed by atoms with Crippen LogP contribution in [0.5, 0.6) is 0 Å². The van der Waals surface area contributed by atoms with Gasteiger partial charge in [-0.05, 0) is 45.3 Å². The number of benzene rings is 1. The van der Waals surface area contributed by atoms with Gasteiger partial charge in [-0.15, -0.1) is 0 Å². The number of hydrogen-bond acceptors (Lipinski definition) is 3. The lowest BCUT2D eigenvalue weighted by molar-refractivity contribution is 0.227. The van der Waals surface area contributed by atoms with Crippen molar-refractivity contribution in [1.82, 2.24) is 10.2 Å². The van der Waals surface area contributed by atoms with Crippen LogP contribution in [0.25, 0.3) is 0 Å². The first kappa shape index (κ1) is 15.9. The summed E-state index contributed by atoms with van der Waals surface area (Å²) in [6.45, 7) is 9.29. The minimum atomic E-state index is 0.615. The molecule has 0 saturated carbocycles. The average molecular weight is 292 g/mol. The fourth-order valence-electron chi connectivity index (χ4n) is 2.64. The van der Waals surface area contributed by atoms with Gasteiger partial charge < -0.3 is 5.32 Å². The molecule has 1 aliphatic heterocycles. The van der Waals surface area contributed by atoms with Gasteiger partial charge in [0.05, 0.1) is 0 Å². The Balaban J connectivity index is 1.74. The average Bonchev–Trinajstić information content (AvgIpc) is 2.48. The van der Waals surface area contributed by atoms with E-state index in [2.05, 4.69) is 66.2 Å². The minimum absolute atomic E-state index is 0.615. The Morgan fingerprint density at radius 2 is 1.90 bits per heavy atom. The SMILES string of the molecule is CC(C)N(CCSC1CCNCC1)Cc1ccccc1. The molecular weight excluding hydrogens is 264 g/mol. The Morgan fingerprint density at radius 3 is 2.55 bits per heavy atom. The van der Waals surface area contributed by atoms with E-state index in [1.165, 1.54) is 43.8 Å². The van der Waals surface area contributed by atoms with Gasteiger partial charge in [-0.3, -0.25) is 4.90 Å². The maximum Gasteiger partial charge on any atom is 0.0236 e. The second-order valence-electron chi connectivity index (χ2n) is 5.87. The maximum absolute atomic E-state index is 3.44. The van der Waals surface area contributed by atoms with Gasteiger partial charge in [-0.25, -0.2) is 0 Å². The molecule has 0 aromatic heterocycles. The summed E-state index contributed by atoms with van der Waals surface area (Å²) in [6, 6.07) is 11.4. The zero-order valence-electron chi connectivity index (χ0n) is 12.8. The molecule has 20 heavy (non-hydrogen) atoms. The third-order valence-corrected chi connectivity index (χ3v) is 5.34. The minimum Gasteiger partial charge on any atom is -0.317 e. The molecule has 1 N–H and O–H groups in total. The van der Waals surface area contributed by atoms with Crippen LogP contribution in [0, 0.1) is 0 Å². The Morgan fingerprint density at radius 1 is 1.20 bits per heavy atom. The molecule has 0 spiro atoms.